The summed E-state index contributed by atoms with van der Waals surface area (Å²) >= 11 is 3.33. The Morgan fingerprint density at radius 1 is 1.41 bits per heavy atom. The van der Waals surface area contributed by atoms with Gasteiger partial charge in [-0.2, -0.15) is 0 Å². The Hall–Kier alpha value is -1.75. The molecule has 1 aromatic heterocycles. The Balaban J connectivity index is 2.20. The summed E-state index contributed by atoms with van der Waals surface area (Å²) in [6.07, 6.45) is 1.83. The minimum atomic E-state index is -0.163. The number of carbonyl (C=O) groups is 1. The minimum Gasteiger partial charge on any atom is -0.399 e. The Bertz CT molecular complexity index is 563. The summed E-state index contributed by atoms with van der Waals surface area (Å²) in [6, 6.07) is 8.85. The van der Waals surface area contributed by atoms with Gasteiger partial charge in [0, 0.05) is 29.1 Å². The highest BCUT2D eigenvalue weighted by Gasteiger charge is 2.11. The summed E-state index contributed by atoms with van der Waals surface area (Å²) < 4.78 is 2.63. The second kappa shape index (κ2) is 4.63. The van der Waals surface area contributed by atoms with Crippen molar-refractivity contribution >= 4 is 33.2 Å². The predicted octanol–water partition coefficient (Wildman–Crippen LogP) is 2.62. The van der Waals surface area contributed by atoms with E-state index in [0.717, 1.165) is 4.47 Å². The van der Waals surface area contributed by atoms with Crippen LogP contribution in [0.15, 0.2) is 41.0 Å². The van der Waals surface area contributed by atoms with Gasteiger partial charge in [0.25, 0.3) is 5.91 Å². The lowest BCUT2D eigenvalue weighted by atomic mass is 10.2. The molecule has 88 valence electrons. The van der Waals surface area contributed by atoms with Crippen LogP contribution in [-0.4, -0.2) is 10.5 Å². The molecule has 0 atom stereocenters. The van der Waals surface area contributed by atoms with Crippen LogP contribution in [0.3, 0.4) is 0 Å². The SMILES string of the molecule is Cn1cc(Br)cc1C(=O)Nc1cccc(N)c1. The van der Waals surface area contributed by atoms with Gasteiger partial charge in [0.05, 0.1) is 0 Å². The number of nitrogens with two attached hydrogens (primary N) is 1. The zero-order chi connectivity index (χ0) is 12.4. The Kier molecular flexibility index (Phi) is 3.19. The van der Waals surface area contributed by atoms with Crippen LogP contribution >= 0.6 is 15.9 Å². The van der Waals surface area contributed by atoms with Crippen molar-refractivity contribution in [2.75, 3.05) is 11.1 Å². The zero-order valence-electron chi connectivity index (χ0n) is 9.27. The number of aryl methyl sites for hydroxylation is 1. The van der Waals surface area contributed by atoms with Gasteiger partial charge in [0.15, 0.2) is 0 Å². The smallest absolute Gasteiger partial charge is 0.272 e. The molecule has 2 rings (SSSR count). The summed E-state index contributed by atoms with van der Waals surface area (Å²) in [7, 11) is 1.82. The number of hydrogen-bond acceptors (Lipinski definition) is 2. The van der Waals surface area contributed by atoms with Gasteiger partial charge >= 0.3 is 0 Å². The van der Waals surface area contributed by atoms with Gasteiger partial charge in [-0.15, -0.1) is 0 Å². The number of benzene rings is 1. The van der Waals surface area contributed by atoms with Gasteiger partial charge in [-0.3, -0.25) is 4.79 Å². The van der Waals surface area contributed by atoms with E-state index >= 15 is 0 Å². The van der Waals surface area contributed by atoms with Gasteiger partial charge < -0.3 is 15.6 Å². The zero-order valence-corrected chi connectivity index (χ0v) is 10.9. The summed E-state index contributed by atoms with van der Waals surface area (Å²) in [5.41, 5.74) is 7.53. The number of nitrogen functional groups attached to an aromatic ring is 1. The molecule has 0 bridgehead atoms. The van der Waals surface area contributed by atoms with E-state index in [0.29, 0.717) is 17.1 Å². The van der Waals surface area contributed by atoms with E-state index in [9.17, 15) is 4.79 Å². The predicted molar refractivity (Wildman–Crippen MR) is 71.9 cm³/mol. The van der Waals surface area contributed by atoms with Crippen molar-refractivity contribution in [1.82, 2.24) is 4.57 Å². The van der Waals surface area contributed by atoms with Crippen molar-refractivity contribution in [2.24, 2.45) is 7.05 Å². The topological polar surface area (TPSA) is 60.0 Å². The molecule has 0 aliphatic rings. The van der Waals surface area contributed by atoms with Crippen LogP contribution in [0, 0.1) is 0 Å². The summed E-state index contributed by atoms with van der Waals surface area (Å²) in [4.78, 5) is 12.0. The Labute approximate surface area is 108 Å². The first-order valence-electron chi connectivity index (χ1n) is 5.05. The van der Waals surface area contributed by atoms with E-state index in [1.165, 1.54) is 0 Å². The summed E-state index contributed by atoms with van der Waals surface area (Å²) in [5.74, 6) is -0.163. The van der Waals surface area contributed by atoms with Crippen molar-refractivity contribution in [2.45, 2.75) is 0 Å². The number of nitrogens with zero attached hydrogens (tertiary/aromatic N) is 1. The summed E-state index contributed by atoms with van der Waals surface area (Å²) in [5, 5.41) is 2.79. The first kappa shape index (κ1) is 11.7. The monoisotopic (exact) mass is 293 g/mol. The number of anilines is 2. The third-order valence-electron chi connectivity index (χ3n) is 2.35. The van der Waals surface area contributed by atoms with E-state index in [4.69, 9.17) is 5.73 Å². The minimum absolute atomic E-state index is 0.163. The van der Waals surface area contributed by atoms with Crippen LogP contribution < -0.4 is 11.1 Å². The van der Waals surface area contributed by atoms with Crippen molar-refractivity contribution in [3.63, 3.8) is 0 Å². The molecule has 0 unspecified atom stereocenters. The number of rotatable bonds is 2. The maximum atomic E-state index is 12.0. The molecule has 0 saturated heterocycles. The van der Waals surface area contributed by atoms with Gasteiger partial charge in [-0.25, -0.2) is 0 Å². The molecule has 0 fully saturated rings. The fourth-order valence-corrected chi connectivity index (χ4v) is 2.09. The van der Waals surface area contributed by atoms with E-state index in [1.54, 1.807) is 34.9 Å². The maximum absolute atomic E-state index is 12.0. The van der Waals surface area contributed by atoms with Crippen LogP contribution in [0.1, 0.15) is 10.5 Å². The van der Waals surface area contributed by atoms with Crippen LogP contribution in [0.25, 0.3) is 0 Å². The molecule has 0 aliphatic carbocycles. The molecule has 3 N–H and O–H groups in total. The second-order valence-corrected chi connectivity index (χ2v) is 4.65. The molecule has 1 amide bonds. The molecule has 0 radical (unpaired) electrons. The standard InChI is InChI=1S/C12H12BrN3O/c1-16-7-8(13)5-11(16)12(17)15-10-4-2-3-9(14)6-10/h2-7H,14H2,1H3,(H,15,17). The highest BCUT2D eigenvalue weighted by atomic mass is 79.9. The molecular formula is C12H12BrN3O. The van der Waals surface area contributed by atoms with Crippen molar-refractivity contribution in [3.05, 3.63) is 46.7 Å². The number of halogens is 1. The molecule has 0 aliphatic heterocycles. The maximum Gasteiger partial charge on any atom is 0.272 e. The molecule has 1 heterocycles. The number of carbonyl (C=O) groups excluding carboxylic acids is 1. The number of aromatic nitrogens is 1. The van der Waals surface area contributed by atoms with Crippen molar-refractivity contribution < 1.29 is 4.79 Å². The molecule has 17 heavy (non-hydrogen) atoms. The lowest BCUT2D eigenvalue weighted by Crippen LogP contribution is -2.15. The number of amides is 1. The van der Waals surface area contributed by atoms with Gasteiger partial charge in [-0.05, 0) is 40.2 Å². The average Bonchev–Trinajstić information content (AvgIpc) is 2.58. The molecule has 4 nitrogen and oxygen atoms in total. The Morgan fingerprint density at radius 3 is 2.76 bits per heavy atom. The molecule has 1 aromatic carbocycles. The molecular weight excluding hydrogens is 282 g/mol. The first-order valence-corrected chi connectivity index (χ1v) is 5.84. The van der Waals surface area contributed by atoms with Crippen LogP contribution in [0.4, 0.5) is 11.4 Å². The van der Waals surface area contributed by atoms with Crippen molar-refractivity contribution in [3.8, 4) is 0 Å². The van der Waals surface area contributed by atoms with Crippen LogP contribution in [-0.2, 0) is 7.05 Å². The first-order chi connectivity index (χ1) is 8.06. The highest BCUT2D eigenvalue weighted by molar-refractivity contribution is 9.10. The fraction of sp³-hybridized carbons (Fsp3) is 0.0833. The lowest BCUT2D eigenvalue weighted by molar-refractivity contribution is 0.101. The molecule has 5 heteroatoms. The normalized spacial score (nSPS) is 10.2. The average molecular weight is 294 g/mol. The lowest BCUT2D eigenvalue weighted by Gasteiger charge is -2.06. The van der Waals surface area contributed by atoms with E-state index < -0.39 is 0 Å². The largest absolute Gasteiger partial charge is 0.399 e. The number of hydrogen-bond donors (Lipinski definition) is 2. The molecule has 0 saturated carbocycles. The highest BCUT2D eigenvalue weighted by Crippen LogP contribution is 2.16. The van der Waals surface area contributed by atoms with E-state index in [-0.39, 0.29) is 5.91 Å². The van der Waals surface area contributed by atoms with Crippen molar-refractivity contribution in [1.29, 1.82) is 0 Å². The van der Waals surface area contributed by atoms with Crippen LogP contribution in [0.5, 0.6) is 0 Å². The molecule has 2 aromatic rings. The number of nitrogens with one attached hydrogen (secondary N) is 1. The van der Waals surface area contributed by atoms with Gasteiger partial charge in [0.2, 0.25) is 0 Å². The van der Waals surface area contributed by atoms with E-state index in [2.05, 4.69) is 21.2 Å². The molecule has 0 spiro atoms. The second-order valence-electron chi connectivity index (χ2n) is 3.73. The van der Waals surface area contributed by atoms with Gasteiger partial charge in [-0.1, -0.05) is 6.07 Å². The third kappa shape index (κ3) is 2.68. The third-order valence-corrected chi connectivity index (χ3v) is 2.78. The Morgan fingerprint density at radius 2 is 2.18 bits per heavy atom. The quantitative estimate of drug-likeness (QED) is 0.836. The van der Waals surface area contributed by atoms with Crippen LogP contribution in [0.2, 0.25) is 0 Å². The van der Waals surface area contributed by atoms with E-state index in [1.807, 2.05) is 13.2 Å². The van der Waals surface area contributed by atoms with Gasteiger partial charge in [0.1, 0.15) is 5.69 Å². The summed E-state index contributed by atoms with van der Waals surface area (Å²) in [6.45, 7) is 0. The fourth-order valence-electron chi connectivity index (χ4n) is 1.56.